The minimum atomic E-state index is -4.57. The number of imidazole rings is 1. The fourth-order valence-corrected chi connectivity index (χ4v) is 6.55. The van der Waals surface area contributed by atoms with Gasteiger partial charge in [-0.3, -0.25) is 14.4 Å². The summed E-state index contributed by atoms with van der Waals surface area (Å²) in [5.41, 5.74) is 2.80. The SMILES string of the molecule is C[C@@H]1CN(c2sc(C(F)(F)F)nc2-c2nc3ccc(CN4CCCCC4)cc3[nH]2)CCN1C(=O)Cn1cccn1. The van der Waals surface area contributed by atoms with Crippen LogP contribution < -0.4 is 4.90 Å². The second-order valence-corrected chi connectivity index (χ2v) is 11.5. The van der Waals surface area contributed by atoms with E-state index in [1.165, 1.54) is 19.3 Å². The highest BCUT2D eigenvalue weighted by Crippen LogP contribution is 2.42. The summed E-state index contributed by atoms with van der Waals surface area (Å²) in [5.74, 6) is 0.241. The first kappa shape index (κ1) is 26.8. The number of aromatic amines is 1. The lowest BCUT2D eigenvalue weighted by Crippen LogP contribution is -2.54. The number of hydrogen-bond donors (Lipinski definition) is 1. The number of nitrogens with zero attached hydrogens (tertiary/aromatic N) is 7. The molecule has 40 heavy (non-hydrogen) atoms. The number of piperazine rings is 1. The number of nitrogens with one attached hydrogen (secondary N) is 1. The Balaban J connectivity index is 1.25. The molecule has 5 heterocycles. The van der Waals surface area contributed by atoms with Crippen molar-refractivity contribution >= 4 is 33.3 Å². The van der Waals surface area contributed by atoms with Crippen LogP contribution in [0.2, 0.25) is 0 Å². The molecule has 1 amide bonds. The zero-order valence-corrected chi connectivity index (χ0v) is 23.0. The first-order valence-electron chi connectivity index (χ1n) is 13.6. The maximum absolute atomic E-state index is 13.8. The minimum Gasteiger partial charge on any atom is -0.358 e. The number of benzene rings is 1. The van der Waals surface area contributed by atoms with Gasteiger partial charge in [0.1, 0.15) is 17.2 Å². The normalized spacial score (nSPS) is 19.1. The Morgan fingerprint density at radius 1 is 1.12 bits per heavy atom. The van der Waals surface area contributed by atoms with Crippen molar-refractivity contribution in [2.45, 2.75) is 51.5 Å². The highest BCUT2D eigenvalue weighted by atomic mass is 32.1. The molecule has 0 unspecified atom stereocenters. The number of H-pyrrole nitrogens is 1. The van der Waals surface area contributed by atoms with Gasteiger partial charge in [0.25, 0.3) is 0 Å². The number of thiazole rings is 1. The molecule has 1 N–H and O–H groups in total. The summed E-state index contributed by atoms with van der Waals surface area (Å²) >= 11 is 0.625. The van der Waals surface area contributed by atoms with Gasteiger partial charge < -0.3 is 14.8 Å². The quantitative estimate of drug-likeness (QED) is 0.363. The topological polar surface area (TPSA) is 86.2 Å². The molecule has 0 bridgehead atoms. The van der Waals surface area contributed by atoms with E-state index in [1.807, 2.05) is 30.0 Å². The number of anilines is 1. The fourth-order valence-electron chi connectivity index (χ4n) is 5.58. The predicted molar refractivity (Wildman–Crippen MR) is 147 cm³/mol. The number of fused-ring (bicyclic) bond motifs is 1. The van der Waals surface area contributed by atoms with E-state index in [4.69, 9.17) is 0 Å². The van der Waals surface area contributed by atoms with Crippen LogP contribution in [0.25, 0.3) is 22.6 Å². The molecule has 6 rings (SSSR count). The van der Waals surface area contributed by atoms with Crippen LogP contribution >= 0.6 is 11.3 Å². The van der Waals surface area contributed by atoms with Gasteiger partial charge >= 0.3 is 6.18 Å². The van der Waals surface area contributed by atoms with Gasteiger partial charge in [-0.15, -0.1) is 0 Å². The summed E-state index contributed by atoms with van der Waals surface area (Å²) < 4.78 is 43.0. The largest absolute Gasteiger partial charge is 0.443 e. The lowest BCUT2D eigenvalue weighted by atomic mass is 10.1. The number of aromatic nitrogens is 5. The molecule has 0 spiro atoms. The molecule has 2 aliphatic heterocycles. The van der Waals surface area contributed by atoms with Crippen molar-refractivity contribution in [2.75, 3.05) is 37.6 Å². The Morgan fingerprint density at radius 3 is 2.67 bits per heavy atom. The van der Waals surface area contributed by atoms with E-state index in [9.17, 15) is 18.0 Å². The maximum Gasteiger partial charge on any atom is 0.443 e. The summed E-state index contributed by atoms with van der Waals surface area (Å²) in [5, 5.41) is 3.59. The molecular weight excluding hydrogens is 541 g/mol. The zero-order chi connectivity index (χ0) is 27.9. The summed E-state index contributed by atoms with van der Waals surface area (Å²) in [6.45, 7) is 6.19. The van der Waals surface area contributed by atoms with E-state index in [0.717, 1.165) is 30.7 Å². The average Bonchev–Trinajstić information content (AvgIpc) is 3.68. The molecule has 0 radical (unpaired) electrons. The van der Waals surface area contributed by atoms with Crippen molar-refractivity contribution in [2.24, 2.45) is 0 Å². The molecule has 2 fully saturated rings. The summed E-state index contributed by atoms with van der Waals surface area (Å²) in [7, 11) is 0. The van der Waals surface area contributed by atoms with Gasteiger partial charge in [-0.2, -0.15) is 18.3 Å². The smallest absolute Gasteiger partial charge is 0.358 e. The number of amides is 1. The number of halogens is 3. The Hall–Kier alpha value is -3.45. The van der Waals surface area contributed by atoms with Crippen LogP contribution in [0.3, 0.4) is 0 Å². The standard InChI is InChI=1S/C27H31F3N8OS/c1-18-15-36(12-13-38(18)22(39)17-37-11-5-8-31-37)25-23(34-26(40-25)27(28,29)30)24-32-20-7-6-19(14-21(20)33-24)16-35-9-3-2-4-10-35/h5-8,11,14,18H,2-4,9-10,12-13,15-17H2,1H3,(H,32,33)/t18-/m1/s1. The van der Waals surface area contributed by atoms with Crippen LogP contribution in [-0.4, -0.2) is 79.2 Å². The fraction of sp³-hybridized carbons (Fsp3) is 0.481. The van der Waals surface area contributed by atoms with Gasteiger partial charge in [0.2, 0.25) is 10.9 Å². The minimum absolute atomic E-state index is 0.0750. The average molecular weight is 573 g/mol. The number of carbonyl (C=O) groups excluding carboxylic acids is 1. The Bertz CT molecular complexity index is 1470. The Morgan fingerprint density at radius 2 is 1.95 bits per heavy atom. The molecule has 1 atom stereocenters. The molecule has 9 nitrogen and oxygen atoms in total. The van der Waals surface area contributed by atoms with E-state index in [1.54, 1.807) is 28.0 Å². The van der Waals surface area contributed by atoms with Crippen molar-refractivity contribution in [1.82, 2.24) is 34.5 Å². The number of likely N-dealkylation sites (tertiary alicyclic amines) is 1. The third-order valence-electron chi connectivity index (χ3n) is 7.57. The molecule has 212 valence electrons. The van der Waals surface area contributed by atoms with Crippen molar-refractivity contribution in [3.63, 3.8) is 0 Å². The molecule has 1 aromatic carbocycles. The summed E-state index contributed by atoms with van der Waals surface area (Å²) in [4.78, 5) is 30.8. The van der Waals surface area contributed by atoms with Gasteiger partial charge in [0.05, 0.1) is 11.0 Å². The number of piperidine rings is 1. The second kappa shape index (κ2) is 10.8. The van der Waals surface area contributed by atoms with E-state index < -0.39 is 11.2 Å². The summed E-state index contributed by atoms with van der Waals surface area (Å²) in [6, 6.07) is 7.53. The Labute approximate surface area is 233 Å². The van der Waals surface area contributed by atoms with Crippen molar-refractivity contribution in [3.05, 3.63) is 47.2 Å². The second-order valence-electron chi connectivity index (χ2n) is 10.5. The molecular formula is C27H31F3N8OS. The van der Waals surface area contributed by atoms with Crippen molar-refractivity contribution < 1.29 is 18.0 Å². The molecule has 0 saturated carbocycles. The van der Waals surface area contributed by atoms with Gasteiger partial charge in [0.15, 0.2) is 5.82 Å². The third kappa shape index (κ3) is 5.57. The van der Waals surface area contributed by atoms with Crippen molar-refractivity contribution in [1.29, 1.82) is 0 Å². The zero-order valence-electron chi connectivity index (χ0n) is 22.2. The van der Waals surface area contributed by atoms with Crippen LogP contribution in [0.4, 0.5) is 18.2 Å². The van der Waals surface area contributed by atoms with Crippen molar-refractivity contribution in [3.8, 4) is 11.5 Å². The summed E-state index contributed by atoms with van der Waals surface area (Å²) in [6.07, 6.45) is 2.45. The highest BCUT2D eigenvalue weighted by Gasteiger charge is 2.39. The molecule has 2 saturated heterocycles. The van der Waals surface area contributed by atoms with E-state index >= 15 is 0 Å². The molecule has 2 aliphatic rings. The van der Waals surface area contributed by atoms with Crippen LogP contribution in [-0.2, 0) is 24.1 Å². The highest BCUT2D eigenvalue weighted by molar-refractivity contribution is 7.16. The number of hydrogen-bond acceptors (Lipinski definition) is 7. The van der Waals surface area contributed by atoms with E-state index in [-0.39, 0.29) is 24.2 Å². The predicted octanol–water partition coefficient (Wildman–Crippen LogP) is 4.62. The molecule has 3 aromatic heterocycles. The van der Waals surface area contributed by atoms with Gasteiger partial charge in [-0.25, -0.2) is 9.97 Å². The van der Waals surface area contributed by atoms with Gasteiger partial charge in [-0.05, 0) is 56.6 Å². The lowest BCUT2D eigenvalue weighted by Gasteiger charge is -2.40. The van der Waals surface area contributed by atoms with Gasteiger partial charge in [0, 0.05) is 44.6 Å². The van der Waals surface area contributed by atoms with Crippen LogP contribution in [0, 0.1) is 0 Å². The number of rotatable bonds is 6. The monoisotopic (exact) mass is 572 g/mol. The van der Waals surface area contributed by atoms with Crippen LogP contribution in [0.1, 0.15) is 36.8 Å². The van der Waals surface area contributed by atoms with E-state index in [0.29, 0.717) is 47.3 Å². The first-order valence-corrected chi connectivity index (χ1v) is 14.4. The lowest BCUT2D eigenvalue weighted by molar-refractivity contribution is -0.137. The van der Waals surface area contributed by atoms with Crippen LogP contribution in [0.15, 0.2) is 36.7 Å². The van der Waals surface area contributed by atoms with Gasteiger partial charge in [-0.1, -0.05) is 23.8 Å². The third-order valence-corrected chi connectivity index (χ3v) is 8.73. The molecule has 0 aliphatic carbocycles. The van der Waals surface area contributed by atoms with Crippen LogP contribution in [0.5, 0.6) is 0 Å². The Kier molecular flexibility index (Phi) is 7.26. The molecule has 4 aromatic rings. The molecule has 13 heteroatoms. The number of carbonyl (C=O) groups is 1. The van der Waals surface area contributed by atoms with E-state index in [2.05, 4.69) is 25.0 Å². The maximum atomic E-state index is 13.8. The number of alkyl halides is 3. The first-order chi connectivity index (χ1) is 19.2.